The maximum atomic E-state index is 5.62. The Balaban J connectivity index is 1.79. The standard InChI is InChI=1S/C13H14N2OS2/c14-13(17)12-8-10(3-5-15-12)9-16-6-4-11-2-1-7-18-11/h1-3,5,7-8H,4,6,9H2,(H2,14,17). The summed E-state index contributed by atoms with van der Waals surface area (Å²) < 4.78 is 5.62. The Kier molecular flexibility index (Phi) is 4.81. The van der Waals surface area contributed by atoms with Crippen LogP contribution in [0.5, 0.6) is 0 Å². The van der Waals surface area contributed by atoms with Crippen LogP contribution < -0.4 is 5.73 Å². The van der Waals surface area contributed by atoms with Crippen molar-refractivity contribution < 1.29 is 4.74 Å². The van der Waals surface area contributed by atoms with Gasteiger partial charge in [0.2, 0.25) is 0 Å². The van der Waals surface area contributed by atoms with Gasteiger partial charge in [0.25, 0.3) is 0 Å². The average Bonchev–Trinajstić information content (AvgIpc) is 2.88. The molecule has 0 radical (unpaired) electrons. The molecule has 18 heavy (non-hydrogen) atoms. The van der Waals surface area contributed by atoms with Gasteiger partial charge in [0, 0.05) is 17.5 Å². The molecule has 2 aromatic rings. The zero-order valence-corrected chi connectivity index (χ0v) is 11.5. The van der Waals surface area contributed by atoms with Crippen molar-refractivity contribution in [3.63, 3.8) is 0 Å². The summed E-state index contributed by atoms with van der Waals surface area (Å²) in [6.45, 7) is 1.27. The molecule has 0 spiro atoms. The third-order valence-corrected chi connectivity index (χ3v) is 3.56. The summed E-state index contributed by atoms with van der Waals surface area (Å²) in [6, 6.07) is 7.95. The van der Waals surface area contributed by atoms with E-state index in [1.165, 1.54) is 4.88 Å². The highest BCUT2D eigenvalue weighted by atomic mass is 32.1. The minimum Gasteiger partial charge on any atom is -0.388 e. The van der Waals surface area contributed by atoms with Gasteiger partial charge in [-0.15, -0.1) is 11.3 Å². The third kappa shape index (κ3) is 3.87. The van der Waals surface area contributed by atoms with Gasteiger partial charge in [0.1, 0.15) is 4.99 Å². The molecule has 0 saturated heterocycles. The van der Waals surface area contributed by atoms with E-state index in [2.05, 4.69) is 22.5 Å². The number of thiocarbonyl (C=S) groups is 1. The first kappa shape index (κ1) is 13.1. The first-order valence-corrected chi connectivity index (χ1v) is 6.89. The zero-order chi connectivity index (χ0) is 12.8. The Labute approximate surface area is 116 Å². The maximum Gasteiger partial charge on any atom is 0.122 e. The van der Waals surface area contributed by atoms with Crippen LogP contribution in [0, 0.1) is 0 Å². The highest BCUT2D eigenvalue weighted by molar-refractivity contribution is 7.80. The lowest BCUT2D eigenvalue weighted by atomic mass is 10.2. The Morgan fingerprint density at radius 2 is 2.33 bits per heavy atom. The van der Waals surface area contributed by atoms with Crippen LogP contribution in [0.3, 0.4) is 0 Å². The van der Waals surface area contributed by atoms with Gasteiger partial charge in [-0.3, -0.25) is 4.98 Å². The van der Waals surface area contributed by atoms with Crippen molar-refractivity contribution in [1.82, 2.24) is 4.98 Å². The second-order valence-corrected chi connectivity index (χ2v) is 5.27. The van der Waals surface area contributed by atoms with Gasteiger partial charge in [0.15, 0.2) is 0 Å². The quantitative estimate of drug-likeness (QED) is 0.651. The van der Waals surface area contributed by atoms with E-state index in [-0.39, 0.29) is 0 Å². The van der Waals surface area contributed by atoms with Crippen LogP contribution in [0.15, 0.2) is 35.8 Å². The zero-order valence-electron chi connectivity index (χ0n) is 9.83. The number of pyridine rings is 1. The lowest BCUT2D eigenvalue weighted by Crippen LogP contribution is -2.12. The lowest BCUT2D eigenvalue weighted by Gasteiger charge is -2.05. The van der Waals surface area contributed by atoms with Gasteiger partial charge in [-0.1, -0.05) is 18.3 Å². The molecule has 0 bridgehead atoms. The van der Waals surface area contributed by atoms with Gasteiger partial charge in [-0.2, -0.15) is 0 Å². The minimum atomic E-state index is 0.315. The van der Waals surface area contributed by atoms with Crippen molar-refractivity contribution in [3.05, 3.63) is 52.0 Å². The molecule has 94 valence electrons. The molecule has 0 saturated carbocycles. The van der Waals surface area contributed by atoms with E-state index >= 15 is 0 Å². The molecule has 2 aromatic heterocycles. The number of aromatic nitrogens is 1. The lowest BCUT2D eigenvalue weighted by molar-refractivity contribution is 0.124. The van der Waals surface area contributed by atoms with Crippen LogP contribution >= 0.6 is 23.6 Å². The number of hydrogen-bond acceptors (Lipinski definition) is 4. The molecule has 3 nitrogen and oxygen atoms in total. The third-order valence-electron chi connectivity index (χ3n) is 2.42. The van der Waals surface area contributed by atoms with E-state index in [1.54, 1.807) is 17.5 Å². The molecule has 2 heterocycles. The van der Waals surface area contributed by atoms with E-state index in [4.69, 9.17) is 22.7 Å². The molecule has 2 N–H and O–H groups in total. The van der Waals surface area contributed by atoms with Crippen molar-refractivity contribution in [2.75, 3.05) is 6.61 Å². The monoisotopic (exact) mass is 278 g/mol. The number of thiophene rings is 1. The van der Waals surface area contributed by atoms with Crippen LogP contribution in [0.1, 0.15) is 16.1 Å². The molecule has 0 atom stereocenters. The molecular formula is C13H14N2OS2. The normalized spacial score (nSPS) is 10.4. The second kappa shape index (κ2) is 6.58. The molecular weight excluding hydrogens is 264 g/mol. The van der Waals surface area contributed by atoms with Gasteiger partial charge in [-0.05, 0) is 29.1 Å². The van der Waals surface area contributed by atoms with Crippen molar-refractivity contribution in [2.24, 2.45) is 5.73 Å². The van der Waals surface area contributed by atoms with E-state index in [1.807, 2.05) is 12.1 Å². The smallest absolute Gasteiger partial charge is 0.122 e. The van der Waals surface area contributed by atoms with E-state index in [0.717, 1.165) is 12.0 Å². The summed E-state index contributed by atoms with van der Waals surface area (Å²) in [6.07, 6.45) is 2.65. The van der Waals surface area contributed by atoms with Crippen molar-refractivity contribution in [3.8, 4) is 0 Å². The number of hydrogen-bond donors (Lipinski definition) is 1. The fourth-order valence-electron chi connectivity index (χ4n) is 1.52. The number of ether oxygens (including phenoxy) is 1. The molecule has 0 aromatic carbocycles. The summed E-state index contributed by atoms with van der Waals surface area (Å²) >= 11 is 6.64. The van der Waals surface area contributed by atoms with Crippen molar-refractivity contribution in [1.29, 1.82) is 0 Å². The first-order chi connectivity index (χ1) is 8.75. The highest BCUT2D eigenvalue weighted by Gasteiger charge is 2.00. The van der Waals surface area contributed by atoms with Crippen LogP contribution in [-0.4, -0.2) is 16.6 Å². The number of nitrogens with two attached hydrogens (primary N) is 1. The van der Waals surface area contributed by atoms with Crippen LogP contribution in [0.4, 0.5) is 0 Å². The van der Waals surface area contributed by atoms with E-state index in [9.17, 15) is 0 Å². The minimum absolute atomic E-state index is 0.315. The van der Waals surface area contributed by atoms with E-state index < -0.39 is 0 Å². The molecule has 5 heteroatoms. The van der Waals surface area contributed by atoms with Gasteiger partial charge in [0.05, 0.1) is 18.9 Å². The topological polar surface area (TPSA) is 48.1 Å². The molecule has 0 unspecified atom stereocenters. The van der Waals surface area contributed by atoms with Crippen LogP contribution in [-0.2, 0) is 17.8 Å². The fourth-order valence-corrected chi connectivity index (χ4v) is 2.32. The fraction of sp³-hybridized carbons (Fsp3) is 0.231. The SMILES string of the molecule is NC(=S)c1cc(COCCc2cccs2)ccn1. The predicted octanol–water partition coefficient (Wildman–Crippen LogP) is 2.54. The summed E-state index contributed by atoms with van der Waals surface area (Å²) in [5, 5.41) is 2.08. The molecule has 0 amide bonds. The largest absolute Gasteiger partial charge is 0.388 e. The molecule has 0 aliphatic carbocycles. The number of nitrogens with zero attached hydrogens (tertiary/aromatic N) is 1. The Hall–Kier alpha value is -1.30. The summed E-state index contributed by atoms with van der Waals surface area (Å²) in [7, 11) is 0. The Morgan fingerprint density at radius 3 is 3.06 bits per heavy atom. The van der Waals surface area contributed by atoms with Gasteiger partial charge >= 0.3 is 0 Å². The highest BCUT2D eigenvalue weighted by Crippen LogP contribution is 2.10. The summed E-state index contributed by atoms with van der Waals surface area (Å²) in [4.78, 5) is 5.74. The average molecular weight is 278 g/mol. The summed E-state index contributed by atoms with van der Waals surface area (Å²) in [5.41, 5.74) is 7.21. The summed E-state index contributed by atoms with van der Waals surface area (Å²) in [5.74, 6) is 0. The molecule has 0 aliphatic rings. The first-order valence-electron chi connectivity index (χ1n) is 5.60. The van der Waals surface area contributed by atoms with Gasteiger partial charge < -0.3 is 10.5 Å². The van der Waals surface area contributed by atoms with Crippen molar-refractivity contribution >= 4 is 28.5 Å². The van der Waals surface area contributed by atoms with E-state index in [0.29, 0.717) is 23.9 Å². The van der Waals surface area contributed by atoms with Crippen LogP contribution in [0.25, 0.3) is 0 Å². The van der Waals surface area contributed by atoms with Crippen molar-refractivity contribution in [2.45, 2.75) is 13.0 Å². The maximum absolute atomic E-state index is 5.62. The van der Waals surface area contributed by atoms with Crippen LogP contribution in [0.2, 0.25) is 0 Å². The predicted molar refractivity (Wildman–Crippen MR) is 77.8 cm³/mol. The Morgan fingerprint density at radius 1 is 1.44 bits per heavy atom. The molecule has 0 aliphatic heterocycles. The molecule has 0 fully saturated rings. The number of rotatable bonds is 6. The Bertz CT molecular complexity index is 511. The second-order valence-electron chi connectivity index (χ2n) is 3.80. The van der Waals surface area contributed by atoms with Gasteiger partial charge in [-0.25, -0.2) is 0 Å². The molecule has 2 rings (SSSR count).